The normalized spacial score (nSPS) is 29.6. The second-order valence-electron chi connectivity index (χ2n) is 5.67. The van der Waals surface area contributed by atoms with Crippen LogP contribution in [0.3, 0.4) is 0 Å². The molecule has 0 aromatic heterocycles. The first-order valence-electron chi connectivity index (χ1n) is 6.43. The molecule has 2 rings (SSSR count). The molecule has 2 aliphatic rings. The predicted molar refractivity (Wildman–Crippen MR) is 61.4 cm³/mol. The van der Waals surface area contributed by atoms with E-state index in [4.69, 9.17) is 0 Å². The van der Waals surface area contributed by atoms with Gasteiger partial charge in [0.25, 0.3) is 0 Å². The highest BCUT2D eigenvalue weighted by Crippen LogP contribution is 2.51. The summed E-state index contributed by atoms with van der Waals surface area (Å²) in [6, 6.07) is 0.806. The Hall–Kier alpha value is -0.0400. The van der Waals surface area contributed by atoms with E-state index in [9.17, 15) is 0 Å². The van der Waals surface area contributed by atoms with Crippen LogP contribution in [-0.4, -0.2) is 13.1 Å². The molecule has 82 valence electrons. The van der Waals surface area contributed by atoms with Crippen molar-refractivity contribution in [3.05, 3.63) is 0 Å². The minimum Gasteiger partial charge on any atom is -0.316 e. The van der Waals surface area contributed by atoms with Crippen LogP contribution >= 0.6 is 0 Å². The number of hydrogen-bond acceptors (Lipinski definition) is 1. The molecular formula is C13H25N. The van der Waals surface area contributed by atoms with E-state index in [2.05, 4.69) is 19.3 Å². The van der Waals surface area contributed by atoms with Crippen molar-refractivity contribution in [2.75, 3.05) is 7.05 Å². The molecule has 0 amide bonds. The van der Waals surface area contributed by atoms with Crippen LogP contribution in [0.4, 0.5) is 0 Å². The van der Waals surface area contributed by atoms with E-state index in [-0.39, 0.29) is 0 Å². The Morgan fingerprint density at radius 3 is 2.07 bits per heavy atom. The average Bonchev–Trinajstić information content (AvgIpc) is 2.93. The molecule has 0 saturated heterocycles. The Balaban J connectivity index is 1.95. The van der Waals surface area contributed by atoms with Crippen molar-refractivity contribution in [3.63, 3.8) is 0 Å². The second-order valence-corrected chi connectivity index (χ2v) is 5.67. The smallest absolute Gasteiger partial charge is 0.0146 e. The van der Waals surface area contributed by atoms with Crippen LogP contribution in [0.1, 0.15) is 58.3 Å². The van der Waals surface area contributed by atoms with Crippen LogP contribution in [0.5, 0.6) is 0 Å². The van der Waals surface area contributed by atoms with Crippen molar-refractivity contribution >= 4 is 0 Å². The Labute approximate surface area is 88.7 Å². The van der Waals surface area contributed by atoms with E-state index in [1.165, 1.54) is 51.4 Å². The topological polar surface area (TPSA) is 12.0 Å². The fourth-order valence-corrected chi connectivity index (χ4v) is 3.31. The quantitative estimate of drug-likeness (QED) is 0.681. The molecule has 0 aliphatic heterocycles. The lowest BCUT2D eigenvalue weighted by molar-refractivity contribution is 0.244. The lowest BCUT2D eigenvalue weighted by Gasteiger charge is -2.31. The van der Waals surface area contributed by atoms with Crippen LogP contribution < -0.4 is 5.32 Å². The molecule has 1 nitrogen and oxygen atoms in total. The summed E-state index contributed by atoms with van der Waals surface area (Å²) in [5, 5.41) is 3.60. The number of nitrogens with one attached hydrogen (secondary N) is 1. The maximum Gasteiger partial charge on any atom is 0.0146 e. The van der Waals surface area contributed by atoms with Crippen LogP contribution in [0, 0.1) is 11.3 Å². The van der Waals surface area contributed by atoms with E-state index in [1.807, 2.05) is 0 Å². The molecule has 2 fully saturated rings. The third kappa shape index (κ3) is 2.13. The molecule has 0 spiro atoms. The molecule has 0 bridgehead atoms. The van der Waals surface area contributed by atoms with Gasteiger partial charge in [0.15, 0.2) is 0 Å². The molecule has 0 aromatic rings. The largest absolute Gasteiger partial charge is 0.316 e. The van der Waals surface area contributed by atoms with Gasteiger partial charge in [-0.3, -0.25) is 0 Å². The van der Waals surface area contributed by atoms with E-state index in [1.54, 1.807) is 0 Å². The molecule has 2 saturated carbocycles. The highest BCUT2D eigenvalue weighted by Gasteiger charge is 2.46. The van der Waals surface area contributed by atoms with Gasteiger partial charge in [-0.2, -0.15) is 0 Å². The summed E-state index contributed by atoms with van der Waals surface area (Å²) in [5.41, 5.74) is 0.657. The van der Waals surface area contributed by atoms with E-state index in [0.717, 1.165) is 12.0 Å². The molecule has 1 N–H and O–H groups in total. The summed E-state index contributed by atoms with van der Waals surface area (Å²) in [6.45, 7) is 2.47. The molecule has 0 radical (unpaired) electrons. The van der Waals surface area contributed by atoms with Crippen molar-refractivity contribution in [2.45, 2.75) is 64.3 Å². The fraction of sp³-hybridized carbons (Fsp3) is 1.00. The Morgan fingerprint density at radius 2 is 1.64 bits per heavy atom. The first kappa shape index (κ1) is 10.5. The summed E-state index contributed by atoms with van der Waals surface area (Å²) >= 11 is 0. The minimum absolute atomic E-state index is 0.657. The molecule has 14 heavy (non-hydrogen) atoms. The SMILES string of the molecule is CNC(C1CCCCCC1)C1(C)CC1. The minimum atomic E-state index is 0.657. The maximum absolute atomic E-state index is 3.60. The maximum atomic E-state index is 3.60. The molecule has 0 aromatic carbocycles. The molecule has 1 unspecified atom stereocenters. The van der Waals surface area contributed by atoms with Crippen LogP contribution in [-0.2, 0) is 0 Å². The van der Waals surface area contributed by atoms with Crippen molar-refractivity contribution in [2.24, 2.45) is 11.3 Å². The van der Waals surface area contributed by atoms with Gasteiger partial charge in [0.1, 0.15) is 0 Å². The zero-order chi connectivity index (χ0) is 10.0. The van der Waals surface area contributed by atoms with Crippen molar-refractivity contribution in [3.8, 4) is 0 Å². The van der Waals surface area contributed by atoms with Gasteiger partial charge in [-0.1, -0.05) is 32.6 Å². The highest BCUT2D eigenvalue weighted by molar-refractivity contribution is 5.01. The standard InChI is InChI=1S/C13H25N/c1-13(9-10-13)12(14-2)11-7-5-3-4-6-8-11/h11-12,14H,3-10H2,1-2H3. The average molecular weight is 195 g/mol. The summed E-state index contributed by atoms with van der Waals surface area (Å²) in [5.74, 6) is 0.968. The van der Waals surface area contributed by atoms with Crippen LogP contribution in [0.25, 0.3) is 0 Å². The van der Waals surface area contributed by atoms with Gasteiger partial charge in [0, 0.05) is 6.04 Å². The molecular weight excluding hydrogens is 170 g/mol. The van der Waals surface area contributed by atoms with Gasteiger partial charge in [-0.25, -0.2) is 0 Å². The monoisotopic (exact) mass is 195 g/mol. The summed E-state index contributed by atoms with van der Waals surface area (Å²) in [6.07, 6.45) is 11.7. The van der Waals surface area contributed by atoms with Crippen molar-refractivity contribution in [1.29, 1.82) is 0 Å². The Kier molecular flexibility index (Phi) is 3.16. The van der Waals surface area contributed by atoms with Gasteiger partial charge >= 0.3 is 0 Å². The predicted octanol–water partition coefficient (Wildman–Crippen LogP) is 3.34. The second kappa shape index (κ2) is 4.22. The van der Waals surface area contributed by atoms with Crippen molar-refractivity contribution < 1.29 is 0 Å². The van der Waals surface area contributed by atoms with Gasteiger partial charge in [-0.05, 0) is 44.1 Å². The highest BCUT2D eigenvalue weighted by atomic mass is 14.9. The molecule has 1 atom stereocenters. The Morgan fingerprint density at radius 1 is 1.07 bits per heavy atom. The van der Waals surface area contributed by atoms with Gasteiger partial charge in [0.2, 0.25) is 0 Å². The zero-order valence-electron chi connectivity index (χ0n) is 9.81. The number of rotatable bonds is 3. The van der Waals surface area contributed by atoms with Crippen LogP contribution in [0.15, 0.2) is 0 Å². The molecule has 0 heterocycles. The van der Waals surface area contributed by atoms with Gasteiger partial charge in [-0.15, -0.1) is 0 Å². The lowest BCUT2D eigenvalue weighted by Crippen LogP contribution is -2.40. The Bertz CT molecular complexity index is 176. The first-order valence-corrected chi connectivity index (χ1v) is 6.43. The number of hydrogen-bond donors (Lipinski definition) is 1. The summed E-state index contributed by atoms with van der Waals surface area (Å²) in [4.78, 5) is 0. The van der Waals surface area contributed by atoms with Crippen molar-refractivity contribution in [1.82, 2.24) is 5.32 Å². The van der Waals surface area contributed by atoms with E-state index < -0.39 is 0 Å². The third-order valence-electron chi connectivity index (χ3n) is 4.47. The van der Waals surface area contributed by atoms with E-state index in [0.29, 0.717) is 5.41 Å². The third-order valence-corrected chi connectivity index (χ3v) is 4.47. The van der Waals surface area contributed by atoms with Crippen LogP contribution in [0.2, 0.25) is 0 Å². The summed E-state index contributed by atoms with van der Waals surface area (Å²) < 4.78 is 0. The fourth-order valence-electron chi connectivity index (χ4n) is 3.31. The van der Waals surface area contributed by atoms with Gasteiger partial charge < -0.3 is 5.32 Å². The zero-order valence-corrected chi connectivity index (χ0v) is 9.81. The first-order chi connectivity index (χ1) is 6.76. The summed E-state index contributed by atoms with van der Waals surface area (Å²) in [7, 11) is 2.17. The molecule has 1 heteroatoms. The van der Waals surface area contributed by atoms with Gasteiger partial charge in [0.05, 0.1) is 0 Å². The molecule has 2 aliphatic carbocycles. The lowest BCUT2D eigenvalue weighted by atomic mass is 9.82. The van der Waals surface area contributed by atoms with E-state index >= 15 is 0 Å².